The molecule has 0 spiro atoms. The molecule has 0 saturated heterocycles. The van der Waals surface area contributed by atoms with Crippen molar-refractivity contribution in [2.24, 2.45) is 5.73 Å². The third-order valence-electron chi connectivity index (χ3n) is 4.37. The van der Waals surface area contributed by atoms with Crippen molar-refractivity contribution < 1.29 is 9.47 Å². The first kappa shape index (κ1) is 17.7. The number of methoxy groups -OCH3 is 1. The van der Waals surface area contributed by atoms with E-state index in [1.807, 2.05) is 36.4 Å². The van der Waals surface area contributed by atoms with E-state index < -0.39 is 0 Å². The molecule has 126 valence electrons. The van der Waals surface area contributed by atoms with Crippen LogP contribution >= 0.6 is 0 Å². The van der Waals surface area contributed by atoms with E-state index in [4.69, 9.17) is 15.2 Å². The quantitative estimate of drug-likeness (QED) is 0.712. The summed E-state index contributed by atoms with van der Waals surface area (Å²) in [5, 5.41) is 0. The lowest BCUT2D eigenvalue weighted by molar-refractivity contribution is 0.0401. The average Bonchev–Trinajstić information content (AvgIpc) is 2.94. The Hall–Kier alpha value is -1.62. The summed E-state index contributed by atoms with van der Waals surface area (Å²) in [7, 11) is 1.67. The fourth-order valence-corrected chi connectivity index (χ4v) is 3.17. The molecule has 1 aromatic rings. The summed E-state index contributed by atoms with van der Waals surface area (Å²) in [6, 6.07) is 8.44. The molecular weight excluding hydrogens is 288 g/mol. The summed E-state index contributed by atoms with van der Waals surface area (Å²) in [4.78, 5) is 2.32. The maximum atomic E-state index is 6.33. The summed E-state index contributed by atoms with van der Waals surface area (Å²) in [6.45, 7) is 9.93. The zero-order valence-corrected chi connectivity index (χ0v) is 14.0. The van der Waals surface area contributed by atoms with Gasteiger partial charge in [-0.05, 0) is 30.5 Å². The number of hydrogen-bond acceptors (Lipinski definition) is 4. The van der Waals surface area contributed by atoms with Crippen molar-refractivity contribution in [3.8, 4) is 5.75 Å². The van der Waals surface area contributed by atoms with Gasteiger partial charge in [-0.3, -0.25) is 4.90 Å². The lowest BCUT2D eigenvalue weighted by Crippen LogP contribution is -2.44. The Morgan fingerprint density at radius 2 is 1.83 bits per heavy atom. The van der Waals surface area contributed by atoms with Crippen LogP contribution in [0.1, 0.15) is 18.4 Å². The Labute approximate surface area is 139 Å². The van der Waals surface area contributed by atoms with E-state index in [0.29, 0.717) is 12.6 Å². The van der Waals surface area contributed by atoms with Gasteiger partial charge in [-0.1, -0.05) is 24.3 Å². The Morgan fingerprint density at radius 3 is 2.39 bits per heavy atom. The van der Waals surface area contributed by atoms with Gasteiger partial charge in [0.2, 0.25) is 0 Å². The molecule has 0 aliphatic heterocycles. The number of hydrogen-bond donors (Lipinski definition) is 1. The zero-order valence-electron chi connectivity index (χ0n) is 14.0. The molecule has 1 fully saturated rings. The maximum Gasteiger partial charge on any atom is 0.118 e. The predicted octanol–water partition coefficient (Wildman–Crippen LogP) is 2.74. The average molecular weight is 316 g/mol. The van der Waals surface area contributed by atoms with Crippen molar-refractivity contribution in [2.75, 3.05) is 20.2 Å². The standard InChI is InChI=1S/C19H28N2O2/c1-4-10-21(11-5-2)19-13-17(12-18(19)20)23-14-15-6-8-16(22-3)9-7-15/h4-9,17-19H,1-2,10-14,20H2,3H3/t17-,18-,19+/m0/s1. The lowest BCUT2D eigenvalue weighted by Gasteiger charge is -2.29. The van der Waals surface area contributed by atoms with Gasteiger partial charge >= 0.3 is 0 Å². The molecule has 0 aromatic heterocycles. The molecule has 0 radical (unpaired) electrons. The topological polar surface area (TPSA) is 47.7 Å². The van der Waals surface area contributed by atoms with E-state index in [9.17, 15) is 0 Å². The number of nitrogens with zero attached hydrogens (tertiary/aromatic N) is 1. The second-order valence-corrected chi connectivity index (χ2v) is 6.01. The lowest BCUT2D eigenvalue weighted by atomic mass is 10.1. The second kappa shape index (κ2) is 8.87. The van der Waals surface area contributed by atoms with Gasteiger partial charge in [0.15, 0.2) is 0 Å². The Morgan fingerprint density at radius 1 is 1.17 bits per heavy atom. The van der Waals surface area contributed by atoms with Gasteiger partial charge in [-0.15, -0.1) is 13.2 Å². The molecule has 0 bridgehead atoms. The highest BCUT2D eigenvalue weighted by molar-refractivity contribution is 5.26. The van der Waals surface area contributed by atoms with E-state index in [1.165, 1.54) is 0 Å². The molecule has 1 saturated carbocycles. The van der Waals surface area contributed by atoms with Gasteiger partial charge in [-0.25, -0.2) is 0 Å². The van der Waals surface area contributed by atoms with E-state index in [2.05, 4.69) is 18.1 Å². The normalized spacial score (nSPS) is 23.9. The van der Waals surface area contributed by atoms with Crippen LogP contribution in [-0.4, -0.2) is 43.3 Å². The third-order valence-corrected chi connectivity index (χ3v) is 4.37. The molecule has 4 nitrogen and oxygen atoms in total. The first-order valence-electron chi connectivity index (χ1n) is 8.13. The minimum Gasteiger partial charge on any atom is -0.497 e. The van der Waals surface area contributed by atoms with Crippen molar-refractivity contribution in [2.45, 2.75) is 37.6 Å². The molecule has 2 rings (SSSR count). The Bertz CT molecular complexity index is 491. The summed E-state index contributed by atoms with van der Waals surface area (Å²) < 4.78 is 11.2. The van der Waals surface area contributed by atoms with Crippen molar-refractivity contribution >= 4 is 0 Å². The molecule has 4 heteroatoms. The first-order chi connectivity index (χ1) is 11.2. The molecule has 2 N–H and O–H groups in total. The maximum absolute atomic E-state index is 6.33. The van der Waals surface area contributed by atoms with Crippen LogP contribution in [0.4, 0.5) is 0 Å². The molecule has 0 amide bonds. The first-order valence-corrected chi connectivity index (χ1v) is 8.13. The largest absolute Gasteiger partial charge is 0.497 e. The minimum absolute atomic E-state index is 0.135. The van der Waals surface area contributed by atoms with Crippen LogP contribution < -0.4 is 10.5 Å². The monoisotopic (exact) mass is 316 g/mol. The summed E-state index contributed by atoms with van der Waals surface area (Å²) in [5.74, 6) is 0.862. The van der Waals surface area contributed by atoms with E-state index in [0.717, 1.165) is 37.2 Å². The summed E-state index contributed by atoms with van der Waals surface area (Å²) in [5.41, 5.74) is 7.48. The molecule has 1 aliphatic carbocycles. The van der Waals surface area contributed by atoms with Crippen LogP contribution in [0.5, 0.6) is 5.75 Å². The summed E-state index contributed by atoms with van der Waals surface area (Å²) in [6.07, 6.45) is 5.89. The molecule has 1 aromatic carbocycles. The smallest absolute Gasteiger partial charge is 0.118 e. The number of ether oxygens (including phenoxy) is 2. The van der Waals surface area contributed by atoms with Gasteiger partial charge in [0.1, 0.15) is 5.75 Å². The van der Waals surface area contributed by atoms with Crippen LogP contribution in [0.25, 0.3) is 0 Å². The number of nitrogens with two attached hydrogens (primary N) is 1. The number of benzene rings is 1. The second-order valence-electron chi connectivity index (χ2n) is 6.01. The van der Waals surface area contributed by atoms with E-state index in [1.54, 1.807) is 7.11 Å². The van der Waals surface area contributed by atoms with Crippen LogP contribution in [0.15, 0.2) is 49.6 Å². The fraction of sp³-hybridized carbons (Fsp3) is 0.474. The van der Waals surface area contributed by atoms with Crippen molar-refractivity contribution in [1.29, 1.82) is 0 Å². The van der Waals surface area contributed by atoms with E-state index in [-0.39, 0.29) is 12.1 Å². The highest BCUT2D eigenvalue weighted by Crippen LogP contribution is 2.27. The van der Waals surface area contributed by atoms with Crippen molar-refractivity contribution in [1.82, 2.24) is 4.90 Å². The van der Waals surface area contributed by atoms with Gasteiger partial charge in [0, 0.05) is 25.2 Å². The number of rotatable bonds is 9. The van der Waals surface area contributed by atoms with Crippen LogP contribution in [-0.2, 0) is 11.3 Å². The van der Waals surface area contributed by atoms with Crippen molar-refractivity contribution in [3.05, 3.63) is 55.1 Å². The molecular formula is C19H28N2O2. The zero-order chi connectivity index (χ0) is 16.7. The molecule has 3 atom stereocenters. The van der Waals surface area contributed by atoms with Gasteiger partial charge in [0.25, 0.3) is 0 Å². The van der Waals surface area contributed by atoms with E-state index >= 15 is 0 Å². The highest BCUT2D eigenvalue weighted by atomic mass is 16.5. The molecule has 1 aliphatic rings. The van der Waals surface area contributed by atoms with Gasteiger partial charge in [0.05, 0.1) is 19.8 Å². The SMILES string of the molecule is C=CCN(CC=C)[C@@H]1C[C@@H](OCc2ccc(OC)cc2)C[C@@H]1N. The van der Waals surface area contributed by atoms with Crippen LogP contribution in [0.3, 0.4) is 0 Å². The molecule has 23 heavy (non-hydrogen) atoms. The highest BCUT2D eigenvalue weighted by Gasteiger charge is 2.35. The Balaban J connectivity index is 1.87. The minimum atomic E-state index is 0.135. The third kappa shape index (κ3) is 4.93. The fourth-order valence-electron chi connectivity index (χ4n) is 3.17. The predicted molar refractivity (Wildman–Crippen MR) is 94.5 cm³/mol. The molecule has 0 heterocycles. The Kier molecular flexibility index (Phi) is 6.84. The summed E-state index contributed by atoms with van der Waals surface area (Å²) >= 11 is 0. The van der Waals surface area contributed by atoms with Crippen molar-refractivity contribution in [3.63, 3.8) is 0 Å². The van der Waals surface area contributed by atoms with Crippen LogP contribution in [0.2, 0.25) is 0 Å². The van der Waals surface area contributed by atoms with Crippen LogP contribution in [0, 0.1) is 0 Å². The van der Waals surface area contributed by atoms with Gasteiger partial charge in [-0.2, -0.15) is 0 Å². The molecule has 0 unspecified atom stereocenters. The van der Waals surface area contributed by atoms with Gasteiger partial charge < -0.3 is 15.2 Å².